The smallest absolute Gasteiger partial charge is 0.0541 e. The number of hydrogen-bond donors (Lipinski definition) is 2. The number of nitrogens with zero attached hydrogens (tertiary/aromatic N) is 1. The van der Waals surface area contributed by atoms with E-state index in [1.165, 1.54) is 21.9 Å². The number of hydrogen-bond acceptors (Lipinski definition) is 3. The molecule has 3 N–H and O–H groups in total. The first-order chi connectivity index (χ1) is 10.8. The highest BCUT2D eigenvalue weighted by atomic mass is 16.3. The topological polar surface area (TPSA) is 49.5 Å². The molecule has 116 valence electrons. The molecule has 2 aliphatic rings. The second-order valence-electron chi connectivity index (χ2n) is 6.74. The zero-order valence-electron chi connectivity index (χ0n) is 12.9. The predicted molar refractivity (Wildman–Crippen MR) is 89.5 cm³/mol. The lowest BCUT2D eigenvalue weighted by Crippen LogP contribution is -2.40. The van der Waals surface area contributed by atoms with Crippen LogP contribution in [0, 0.1) is 0 Å². The van der Waals surface area contributed by atoms with E-state index in [1.807, 2.05) is 0 Å². The van der Waals surface area contributed by atoms with Crippen LogP contribution in [0.1, 0.15) is 42.9 Å². The molecule has 0 bridgehead atoms. The van der Waals surface area contributed by atoms with Gasteiger partial charge in [0.1, 0.15) is 0 Å². The summed E-state index contributed by atoms with van der Waals surface area (Å²) in [6.45, 7) is 1.67. The van der Waals surface area contributed by atoms with Crippen molar-refractivity contribution in [3.8, 4) is 0 Å². The zero-order valence-corrected chi connectivity index (χ0v) is 12.9. The summed E-state index contributed by atoms with van der Waals surface area (Å²) in [4.78, 5) is 2.59. The Morgan fingerprint density at radius 1 is 1.05 bits per heavy atom. The van der Waals surface area contributed by atoms with Crippen molar-refractivity contribution in [1.82, 2.24) is 4.90 Å². The fraction of sp³-hybridized carbons (Fsp3) is 0.474. The lowest BCUT2D eigenvalue weighted by atomic mass is 9.91. The van der Waals surface area contributed by atoms with Gasteiger partial charge in [0, 0.05) is 25.2 Å². The van der Waals surface area contributed by atoms with Gasteiger partial charge in [-0.2, -0.15) is 0 Å². The molecule has 2 aromatic rings. The summed E-state index contributed by atoms with van der Waals surface area (Å²) in [5.41, 5.74) is 8.99. The van der Waals surface area contributed by atoms with Crippen LogP contribution >= 0.6 is 0 Å². The maximum atomic E-state index is 9.76. The van der Waals surface area contributed by atoms with E-state index in [-0.39, 0.29) is 6.10 Å². The number of aliphatic hydroxyl groups is 1. The fourth-order valence-corrected chi connectivity index (χ4v) is 4.35. The van der Waals surface area contributed by atoms with Crippen LogP contribution in [0.4, 0.5) is 0 Å². The summed E-state index contributed by atoms with van der Waals surface area (Å²) >= 11 is 0. The third-order valence-electron chi connectivity index (χ3n) is 5.54. The van der Waals surface area contributed by atoms with E-state index in [2.05, 4.69) is 41.3 Å². The molecule has 1 unspecified atom stereocenters. The molecule has 0 radical (unpaired) electrons. The third-order valence-corrected chi connectivity index (χ3v) is 5.54. The summed E-state index contributed by atoms with van der Waals surface area (Å²) < 4.78 is 0. The molecule has 3 heteroatoms. The van der Waals surface area contributed by atoms with Crippen molar-refractivity contribution >= 4 is 10.8 Å². The van der Waals surface area contributed by atoms with Gasteiger partial charge in [-0.3, -0.25) is 4.90 Å². The monoisotopic (exact) mass is 296 g/mol. The highest BCUT2D eigenvalue weighted by Crippen LogP contribution is 2.41. The number of fused-ring (bicyclic) bond motifs is 3. The van der Waals surface area contributed by atoms with E-state index in [0.717, 1.165) is 32.2 Å². The summed E-state index contributed by atoms with van der Waals surface area (Å²) in [5.74, 6) is 0. The number of benzene rings is 2. The molecule has 0 amide bonds. The first kappa shape index (κ1) is 14.2. The van der Waals surface area contributed by atoms with Gasteiger partial charge in [-0.15, -0.1) is 0 Å². The Morgan fingerprint density at radius 2 is 1.82 bits per heavy atom. The summed E-state index contributed by atoms with van der Waals surface area (Å²) in [7, 11) is 0. The van der Waals surface area contributed by atoms with Gasteiger partial charge >= 0.3 is 0 Å². The van der Waals surface area contributed by atoms with E-state index in [4.69, 9.17) is 5.73 Å². The van der Waals surface area contributed by atoms with Crippen LogP contribution in [0.25, 0.3) is 10.8 Å². The van der Waals surface area contributed by atoms with Gasteiger partial charge in [-0.05, 0) is 47.6 Å². The van der Waals surface area contributed by atoms with Crippen molar-refractivity contribution in [1.29, 1.82) is 0 Å². The Balaban J connectivity index is 1.70. The van der Waals surface area contributed by atoms with Crippen molar-refractivity contribution in [3.63, 3.8) is 0 Å². The summed E-state index contributed by atoms with van der Waals surface area (Å²) in [6, 6.07) is 14.0. The Hall–Kier alpha value is -1.42. The van der Waals surface area contributed by atoms with E-state index >= 15 is 0 Å². The third kappa shape index (κ3) is 2.24. The molecule has 0 aromatic heterocycles. The molecule has 0 spiro atoms. The average molecular weight is 296 g/mol. The second kappa shape index (κ2) is 5.65. The van der Waals surface area contributed by atoms with E-state index < -0.39 is 0 Å². The molecular weight excluding hydrogens is 272 g/mol. The summed E-state index contributed by atoms with van der Waals surface area (Å²) in [6.07, 6.45) is 3.93. The lowest BCUT2D eigenvalue weighted by molar-refractivity contribution is 0.0572. The number of nitrogens with two attached hydrogens (primary N) is 1. The molecule has 1 aliphatic heterocycles. The second-order valence-corrected chi connectivity index (χ2v) is 6.74. The van der Waals surface area contributed by atoms with Crippen molar-refractivity contribution in [3.05, 3.63) is 47.5 Å². The highest BCUT2D eigenvalue weighted by Gasteiger charge is 2.36. The van der Waals surface area contributed by atoms with Gasteiger partial charge in [-0.25, -0.2) is 0 Å². The minimum Gasteiger partial charge on any atom is -0.393 e. The van der Waals surface area contributed by atoms with Crippen LogP contribution in [0.3, 0.4) is 0 Å². The Bertz CT molecular complexity index is 676. The molecule has 1 saturated carbocycles. The molecule has 3 nitrogen and oxygen atoms in total. The SMILES string of the molecule is NCC1c2ccc3ccccc3c2CN1C1CCC(O)CC1. The first-order valence-corrected chi connectivity index (χ1v) is 8.42. The standard InChI is InChI=1S/C19H24N2O/c20-11-19-17-10-5-13-3-1-2-4-16(13)18(17)12-21(19)14-6-8-15(22)9-7-14/h1-5,10,14-15,19,22H,6-9,11-12,20H2. The minimum atomic E-state index is -0.0987. The summed E-state index contributed by atoms with van der Waals surface area (Å²) in [5, 5.41) is 12.5. The first-order valence-electron chi connectivity index (χ1n) is 8.42. The van der Waals surface area contributed by atoms with E-state index in [1.54, 1.807) is 0 Å². The van der Waals surface area contributed by atoms with Gasteiger partial charge < -0.3 is 10.8 Å². The zero-order chi connectivity index (χ0) is 15.1. The van der Waals surface area contributed by atoms with Gasteiger partial charge in [0.05, 0.1) is 6.10 Å². The van der Waals surface area contributed by atoms with Gasteiger partial charge in [0.2, 0.25) is 0 Å². The van der Waals surface area contributed by atoms with Crippen molar-refractivity contribution < 1.29 is 5.11 Å². The van der Waals surface area contributed by atoms with Crippen LogP contribution in [-0.4, -0.2) is 28.7 Å². The quantitative estimate of drug-likeness (QED) is 0.896. The maximum Gasteiger partial charge on any atom is 0.0541 e. The van der Waals surface area contributed by atoms with Gasteiger partial charge in [0.15, 0.2) is 0 Å². The largest absolute Gasteiger partial charge is 0.393 e. The van der Waals surface area contributed by atoms with Gasteiger partial charge in [0.25, 0.3) is 0 Å². The van der Waals surface area contributed by atoms with Crippen LogP contribution in [0.2, 0.25) is 0 Å². The van der Waals surface area contributed by atoms with E-state index in [9.17, 15) is 5.11 Å². The number of aliphatic hydroxyl groups excluding tert-OH is 1. The van der Waals surface area contributed by atoms with Crippen LogP contribution in [0.15, 0.2) is 36.4 Å². The van der Waals surface area contributed by atoms with Crippen LogP contribution in [0.5, 0.6) is 0 Å². The maximum absolute atomic E-state index is 9.76. The molecule has 0 saturated heterocycles. The molecule has 22 heavy (non-hydrogen) atoms. The minimum absolute atomic E-state index is 0.0987. The van der Waals surface area contributed by atoms with Crippen LogP contribution < -0.4 is 5.73 Å². The molecule has 1 atom stereocenters. The normalized spacial score (nSPS) is 28.9. The molecule has 1 fully saturated rings. The highest BCUT2D eigenvalue weighted by molar-refractivity contribution is 5.87. The Labute approximate surface area is 131 Å². The van der Waals surface area contributed by atoms with Gasteiger partial charge in [-0.1, -0.05) is 36.4 Å². The lowest BCUT2D eigenvalue weighted by Gasteiger charge is -2.36. The molecule has 4 rings (SSSR count). The molecular formula is C19H24N2O. The number of rotatable bonds is 2. The fourth-order valence-electron chi connectivity index (χ4n) is 4.35. The van der Waals surface area contributed by atoms with Crippen molar-refractivity contribution in [2.45, 2.75) is 50.4 Å². The molecule has 1 heterocycles. The molecule has 2 aromatic carbocycles. The Morgan fingerprint density at radius 3 is 2.59 bits per heavy atom. The molecule has 1 aliphatic carbocycles. The average Bonchev–Trinajstić information content (AvgIpc) is 2.94. The predicted octanol–water partition coefficient (Wildman–Crippen LogP) is 2.96. The van der Waals surface area contributed by atoms with E-state index in [0.29, 0.717) is 18.6 Å². The van der Waals surface area contributed by atoms with Crippen LogP contribution in [-0.2, 0) is 6.54 Å². The Kier molecular flexibility index (Phi) is 3.65. The van der Waals surface area contributed by atoms with Crippen molar-refractivity contribution in [2.24, 2.45) is 5.73 Å². The van der Waals surface area contributed by atoms with Crippen molar-refractivity contribution in [2.75, 3.05) is 6.54 Å².